The standard InChI is InChI=1S/C30H20N2/c1-3-9-20(10-4-1)21-15-16-25-24(19-21)29-26(31-25)17-18-28-30(29)23-13-7-8-14-27(23)32(28)22-11-5-2-6-12-22/h1-19,31H. The molecule has 0 atom stereocenters. The number of nitrogens with zero attached hydrogens (tertiary/aromatic N) is 1. The number of para-hydroxylation sites is 2. The molecule has 150 valence electrons. The number of H-pyrrole nitrogens is 1. The summed E-state index contributed by atoms with van der Waals surface area (Å²) < 4.78 is 2.38. The van der Waals surface area contributed by atoms with Crippen molar-refractivity contribution in [2.45, 2.75) is 0 Å². The molecule has 32 heavy (non-hydrogen) atoms. The zero-order valence-electron chi connectivity index (χ0n) is 17.4. The summed E-state index contributed by atoms with van der Waals surface area (Å²) in [6.45, 7) is 0. The average Bonchev–Trinajstić information content (AvgIpc) is 3.40. The summed E-state index contributed by atoms with van der Waals surface area (Å²) >= 11 is 0. The molecular weight excluding hydrogens is 388 g/mol. The maximum absolute atomic E-state index is 3.65. The Labute approximate surface area is 185 Å². The van der Waals surface area contributed by atoms with Crippen LogP contribution in [0.15, 0.2) is 115 Å². The van der Waals surface area contributed by atoms with Crippen LogP contribution in [0.25, 0.3) is 60.4 Å². The van der Waals surface area contributed by atoms with Gasteiger partial charge in [0.25, 0.3) is 0 Å². The third kappa shape index (κ3) is 2.41. The van der Waals surface area contributed by atoms with Crippen molar-refractivity contribution in [3.8, 4) is 16.8 Å². The second-order valence-corrected chi connectivity index (χ2v) is 8.32. The lowest BCUT2D eigenvalue weighted by Crippen LogP contribution is -1.92. The predicted molar refractivity (Wildman–Crippen MR) is 136 cm³/mol. The van der Waals surface area contributed by atoms with E-state index in [-0.39, 0.29) is 0 Å². The van der Waals surface area contributed by atoms with E-state index < -0.39 is 0 Å². The summed E-state index contributed by atoms with van der Waals surface area (Å²) in [5, 5.41) is 5.14. The summed E-state index contributed by atoms with van der Waals surface area (Å²) in [5.74, 6) is 0. The van der Waals surface area contributed by atoms with E-state index in [1.54, 1.807) is 0 Å². The normalized spacial score (nSPS) is 11.8. The minimum Gasteiger partial charge on any atom is -0.354 e. The van der Waals surface area contributed by atoms with Crippen LogP contribution in [0.1, 0.15) is 0 Å². The molecule has 7 aromatic rings. The maximum atomic E-state index is 3.65. The van der Waals surface area contributed by atoms with Crippen molar-refractivity contribution in [1.82, 2.24) is 9.55 Å². The van der Waals surface area contributed by atoms with Crippen molar-refractivity contribution < 1.29 is 0 Å². The fourth-order valence-electron chi connectivity index (χ4n) is 5.11. The number of hydrogen-bond donors (Lipinski definition) is 1. The number of nitrogens with one attached hydrogen (secondary N) is 1. The van der Waals surface area contributed by atoms with Crippen LogP contribution in [0.2, 0.25) is 0 Å². The highest BCUT2D eigenvalue weighted by Crippen LogP contribution is 2.40. The first kappa shape index (κ1) is 17.4. The van der Waals surface area contributed by atoms with E-state index in [1.165, 1.54) is 60.4 Å². The highest BCUT2D eigenvalue weighted by atomic mass is 15.0. The molecule has 0 amide bonds. The lowest BCUT2D eigenvalue weighted by Gasteiger charge is -2.07. The first-order valence-corrected chi connectivity index (χ1v) is 11.0. The van der Waals surface area contributed by atoms with Gasteiger partial charge in [-0.05, 0) is 53.6 Å². The highest BCUT2D eigenvalue weighted by molar-refractivity contribution is 6.28. The van der Waals surface area contributed by atoms with E-state index in [9.17, 15) is 0 Å². The van der Waals surface area contributed by atoms with Gasteiger partial charge in [0.2, 0.25) is 0 Å². The number of aromatic nitrogens is 2. The van der Waals surface area contributed by atoms with Gasteiger partial charge in [-0.2, -0.15) is 0 Å². The molecule has 0 saturated heterocycles. The highest BCUT2D eigenvalue weighted by Gasteiger charge is 2.17. The van der Waals surface area contributed by atoms with Crippen molar-refractivity contribution in [3.05, 3.63) is 115 Å². The van der Waals surface area contributed by atoms with Crippen LogP contribution in [0, 0.1) is 0 Å². The Bertz CT molecular complexity index is 1750. The van der Waals surface area contributed by atoms with Gasteiger partial charge in [-0.25, -0.2) is 0 Å². The third-order valence-electron chi connectivity index (χ3n) is 6.52. The van der Waals surface area contributed by atoms with Crippen LogP contribution in [0.3, 0.4) is 0 Å². The summed E-state index contributed by atoms with van der Waals surface area (Å²) in [4.78, 5) is 3.65. The third-order valence-corrected chi connectivity index (χ3v) is 6.52. The molecule has 5 aromatic carbocycles. The molecule has 0 aliphatic carbocycles. The van der Waals surface area contributed by atoms with Crippen molar-refractivity contribution in [3.63, 3.8) is 0 Å². The van der Waals surface area contributed by atoms with Crippen LogP contribution >= 0.6 is 0 Å². The van der Waals surface area contributed by atoms with Crippen LogP contribution in [-0.4, -0.2) is 9.55 Å². The zero-order valence-corrected chi connectivity index (χ0v) is 17.4. The smallest absolute Gasteiger partial charge is 0.0548 e. The van der Waals surface area contributed by atoms with Crippen LogP contribution in [-0.2, 0) is 0 Å². The van der Waals surface area contributed by atoms with E-state index in [4.69, 9.17) is 0 Å². The Morgan fingerprint density at radius 1 is 0.469 bits per heavy atom. The molecule has 0 fully saturated rings. The Balaban J connectivity index is 1.65. The first-order valence-electron chi connectivity index (χ1n) is 11.0. The molecule has 2 heterocycles. The van der Waals surface area contributed by atoms with Crippen molar-refractivity contribution in [1.29, 1.82) is 0 Å². The largest absolute Gasteiger partial charge is 0.354 e. The van der Waals surface area contributed by atoms with Gasteiger partial charge in [-0.15, -0.1) is 0 Å². The first-order chi connectivity index (χ1) is 15.9. The lowest BCUT2D eigenvalue weighted by molar-refractivity contribution is 1.18. The van der Waals surface area contributed by atoms with E-state index in [0.29, 0.717) is 0 Å². The van der Waals surface area contributed by atoms with Gasteiger partial charge in [0.05, 0.1) is 11.0 Å². The molecule has 1 N–H and O–H groups in total. The van der Waals surface area contributed by atoms with Gasteiger partial charge in [0.15, 0.2) is 0 Å². The van der Waals surface area contributed by atoms with E-state index >= 15 is 0 Å². The van der Waals surface area contributed by atoms with Gasteiger partial charge >= 0.3 is 0 Å². The SMILES string of the molecule is c1ccc(-c2ccc3[nH]c4ccc5c(c6ccccc6n5-c5ccccc5)c4c3c2)cc1. The van der Waals surface area contributed by atoms with E-state index in [1.807, 2.05) is 0 Å². The fourth-order valence-corrected chi connectivity index (χ4v) is 5.11. The van der Waals surface area contributed by atoms with Gasteiger partial charge in [-0.3, -0.25) is 0 Å². The van der Waals surface area contributed by atoms with Gasteiger partial charge in [-0.1, -0.05) is 72.8 Å². The zero-order chi connectivity index (χ0) is 21.1. The number of hydrogen-bond acceptors (Lipinski definition) is 0. The van der Waals surface area contributed by atoms with Crippen LogP contribution < -0.4 is 0 Å². The quantitative estimate of drug-likeness (QED) is 0.298. The minimum absolute atomic E-state index is 1.17. The average molecular weight is 409 g/mol. The van der Waals surface area contributed by atoms with Gasteiger partial charge in [0, 0.05) is 38.3 Å². The topological polar surface area (TPSA) is 20.7 Å². The monoisotopic (exact) mass is 408 g/mol. The molecule has 0 bridgehead atoms. The summed E-state index contributed by atoms with van der Waals surface area (Å²) in [5.41, 5.74) is 8.47. The Hall–Kier alpha value is -4.30. The number of aromatic amines is 1. The molecule has 0 spiro atoms. The van der Waals surface area contributed by atoms with Crippen LogP contribution in [0.5, 0.6) is 0 Å². The van der Waals surface area contributed by atoms with Crippen molar-refractivity contribution in [2.75, 3.05) is 0 Å². The minimum atomic E-state index is 1.17. The number of benzene rings is 5. The van der Waals surface area contributed by atoms with E-state index in [0.717, 1.165) is 0 Å². The fraction of sp³-hybridized carbons (Fsp3) is 0. The molecule has 2 aromatic heterocycles. The van der Waals surface area contributed by atoms with Crippen molar-refractivity contribution >= 4 is 43.6 Å². The molecule has 0 aliphatic heterocycles. The van der Waals surface area contributed by atoms with E-state index in [2.05, 4.69) is 125 Å². The second-order valence-electron chi connectivity index (χ2n) is 8.32. The predicted octanol–water partition coefficient (Wildman–Crippen LogP) is 8.09. The summed E-state index contributed by atoms with van der Waals surface area (Å²) in [7, 11) is 0. The number of fused-ring (bicyclic) bond motifs is 7. The lowest BCUT2D eigenvalue weighted by atomic mass is 10.0. The Morgan fingerprint density at radius 3 is 2.03 bits per heavy atom. The van der Waals surface area contributed by atoms with Gasteiger partial charge in [0.1, 0.15) is 0 Å². The molecule has 7 rings (SSSR count). The summed E-state index contributed by atoms with van der Waals surface area (Å²) in [6, 6.07) is 41.2. The summed E-state index contributed by atoms with van der Waals surface area (Å²) in [6.07, 6.45) is 0. The molecule has 2 nitrogen and oxygen atoms in total. The molecular formula is C30H20N2. The molecule has 0 radical (unpaired) electrons. The number of rotatable bonds is 2. The maximum Gasteiger partial charge on any atom is 0.0548 e. The van der Waals surface area contributed by atoms with Crippen molar-refractivity contribution in [2.24, 2.45) is 0 Å². The van der Waals surface area contributed by atoms with Crippen LogP contribution in [0.4, 0.5) is 0 Å². The Kier molecular flexibility index (Phi) is 3.58. The van der Waals surface area contributed by atoms with Gasteiger partial charge < -0.3 is 9.55 Å². The second kappa shape index (κ2) is 6.60. The molecule has 0 saturated carbocycles. The molecule has 2 heteroatoms. The molecule has 0 unspecified atom stereocenters. The Morgan fingerprint density at radius 2 is 1.19 bits per heavy atom. The molecule has 0 aliphatic rings.